The number of anilines is 1. The highest BCUT2D eigenvalue weighted by molar-refractivity contribution is 7.86. The van der Waals surface area contributed by atoms with Crippen molar-refractivity contribution in [2.45, 2.75) is 27.2 Å². The summed E-state index contributed by atoms with van der Waals surface area (Å²) in [5.74, 6) is 1.71. The van der Waals surface area contributed by atoms with Crippen LogP contribution in [0.25, 0.3) is 0 Å². The van der Waals surface area contributed by atoms with Gasteiger partial charge in [0.2, 0.25) is 0 Å². The van der Waals surface area contributed by atoms with Crippen molar-refractivity contribution in [3.05, 3.63) is 24.3 Å². The minimum absolute atomic E-state index is 0.424. The Hall–Kier alpha value is -1.31. The molecule has 7 heteroatoms. The fraction of sp³-hybridized carbons (Fsp3) is 0.684. The standard InChI is InChI=1S/C19H31N3O3S/c1-4-25-19-8-6-5-7-18(19)20-9-11-21(12-10-20)26(23,24)22-14-16(2)13-17(3)15-22/h5-8,16-17H,4,9-15H2,1-3H3. The van der Waals surface area contributed by atoms with E-state index in [0.29, 0.717) is 57.7 Å². The zero-order valence-electron chi connectivity index (χ0n) is 16.1. The molecule has 3 rings (SSSR count). The number of para-hydroxylation sites is 2. The average molecular weight is 382 g/mol. The largest absolute Gasteiger partial charge is 0.492 e. The lowest BCUT2D eigenvalue weighted by molar-refractivity contribution is 0.207. The van der Waals surface area contributed by atoms with E-state index in [2.05, 4.69) is 18.7 Å². The van der Waals surface area contributed by atoms with Crippen LogP contribution in [0.5, 0.6) is 5.75 Å². The number of piperidine rings is 1. The van der Waals surface area contributed by atoms with Crippen molar-refractivity contribution in [2.75, 3.05) is 50.8 Å². The van der Waals surface area contributed by atoms with Crippen molar-refractivity contribution >= 4 is 15.9 Å². The third kappa shape index (κ3) is 4.15. The van der Waals surface area contributed by atoms with Gasteiger partial charge in [0.25, 0.3) is 10.2 Å². The predicted octanol–water partition coefficient (Wildman–Crippen LogP) is 2.43. The minimum atomic E-state index is -3.37. The molecule has 0 amide bonds. The summed E-state index contributed by atoms with van der Waals surface area (Å²) in [5, 5.41) is 0. The lowest BCUT2D eigenvalue weighted by atomic mass is 9.94. The summed E-state index contributed by atoms with van der Waals surface area (Å²) in [6.45, 7) is 10.6. The van der Waals surface area contributed by atoms with E-state index >= 15 is 0 Å². The van der Waals surface area contributed by atoms with Gasteiger partial charge < -0.3 is 9.64 Å². The molecule has 6 nitrogen and oxygen atoms in total. The Kier molecular flexibility index (Phi) is 6.10. The van der Waals surface area contributed by atoms with Gasteiger partial charge in [0.1, 0.15) is 5.75 Å². The van der Waals surface area contributed by atoms with Crippen molar-refractivity contribution in [3.8, 4) is 5.75 Å². The molecule has 0 aromatic heterocycles. The van der Waals surface area contributed by atoms with Crippen LogP contribution >= 0.6 is 0 Å². The zero-order chi connectivity index (χ0) is 18.7. The van der Waals surface area contributed by atoms with Crippen molar-refractivity contribution < 1.29 is 13.2 Å². The monoisotopic (exact) mass is 381 g/mol. The van der Waals surface area contributed by atoms with E-state index in [1.54, 1.807) is 8.61 Å². The smallest absolute Gasteiger partial charge is 0.282 e. The second kappa shape index (κ2) is 8.15. The molecule has 1 aromatic rings. The normalized spacial score (nSPS) is 26.0. The molecule has 2 fully saturated rings. The first-order valence-corrected chi connectivity index (χ1v) is 11.0. The van der Waals surface area contributed by atoms with Crippen LogP contribution in [0.2, 0.25) is 0 Å². The van der Waals surface area contributed by atoms with Crippen LogP contribution in [0.15, 0.2) is 24.3 Å². The second-order valence-electron chi connectivity index (χ2n) is 7.56. The number of piperazine rings is 1. The van der Waals surface area contributed by atoms with Gasteiger partial charge in [0, 0.05) is 39.3 Å². The van der Waals surface area contributed by atoms with E-state index in [1.165, 1.54) is 0 Å². The Morgan fingerprint density at radius 3 is 2.23 bits per heavy atom. The number of hydrogen-bond acceptors (Lipinski definition) is 4. The van der Waals surface area contributed by atoms with Crippen LogP contribution < -0.4 is 9.64 Å². The van der Waals surface area contributed by atoms with Gasteiger partial charge in [-0.3, -0.25) is 0 Å². The minimum Gasteiger partial charge on any atom is -0.492 e. The molecule has 2 unspecified atom stereocenters. The van der Waals surface area contributed by atoms with Gasteiger partial charge in [-0.15, -0.1) is 0 Å². The number of rotatable bonds is 5. The number of hydrogen-bond donors (Lipinski definition) is 0. The van der Waals surface area contributed by atoms with Crippen LogP contribution in [-0.4, -0.2) is 62.9 Å². The molecule has 0 radical (unpaired) electrons. The quantitative estimate of drug-likeness (QED) is 0.786. The summed E-state index contributed by atoms with van der Waals surface area (Å²) in [6.07, 6.45) is 1.11. The molecule has 2 saturated heterocycles. The highest BCUT2D eigenvalue weighted by Crippen LogP contribution is 2.30. The first-order valence-electron chi connectivity index (χ1n) is 9.63. The Morgan fingerprint density at radius 1 is 1.00 bits per heavy atom. The third-order valence-electron chi connectivity index (χ3n) is 5.23. The van der Waals surface area contributed by atoms with Crippen LogP contribution in [0.3, 0.4) is 0 Å². The van der Waals surface area contributed by atoms with Gasteiger partial charge in [0.15, 0.2) is 0 Å². The van der Waals surface area contributed by atoms with Crippen LogP contribution in [-0.2, 0) is 10.2 Å². The Bertz CT molecular complexity index is 692. The molecule has 2 aliphatic heterocycles. The number of nitrogens with zero attached hydrogens (tertiary/aromatic N) is 3. The van der Waals surface area contributed by atoms with E-state index in [-0.39, 0.29) is 0 Å². The maximum absolute atomic E-state index is 13.1. The van der Waals surface area contributed by atoms with E-state index in [0.717, 1.165) is 17.9 Å². The topological polar surface area (TPSA) is 53.1 Å². The molecule has 0 aliphatic carbocycles. The van der Waals surface area contributed by atoms with E-state index in [4.69, 9.17) is 4.74 Å². The van der Waals surface area contributed by atoms with Gasteiger partial charge in [-0.1, -0.05) is 26.0 Å². The highest BCUT2D eigenvalue weighted by atomic mass is 32.2. The Labute approximate surface area is 157 Å². The predicted molar refractivity (Wildman–Crippen MR) is 105 cm³/mol. The third-order valence-corrected chi connectivity index (χ3v) is 7.20. The lowest BCUT2D eigenvalue weighted by Gasteiger charge is -2.41. The van der Waals surface area contributed by atoms with Crippen molar-refractivity contribution in [2.24, 2.45) is 11.8 Å². The van der Waals surface area contributed by atoms with E-state index < -0.39 is 10.2 Å². The van der Waals surface area contributed by atoms with Crippen LogP contribution in [0, 0.1) is 11.8 Å². The summed E-state index contributed by atoms with van der Waals surface area (Å²) in [4.78, 5) is 2.22. The molecule has 0 saturated carbocycles. The first-order chi connectivity index (χ1) is 12.4. The molecule has 0 N–H and O–H groups in total. The maximum Gasteiger partial charge on any atom is 0.282 e. The molecule has 1 aromatic carbocycles. The van der Waals surface area contributed by atoms with Crippen LogP contribution in [0.1, 0.15) is 27.2 Å². The molecule has 2 atom stereocenters. The van der Waals surface area contributed by atoms with Gasteiger partial charge in [-0.2, -0.15) is 17.0 Å². The fourth-order valence-corrected chi connectivity index (χ4v) is 5.95. The fourth-order valence-electron chi connectivity index (χ4n) is 4.11. The summed E-state index contributed by atoms with van der Waals surface area (Å²) >= 11 is 0. The molecule has 0 bridgehead atoms. The molecular weight excluding hydrogens is 350 g/mol. The SMILES string of the molecule is CCOc1ccccc1N1CCN(S(=O)(=O)N2CC(C)CC(C)C2)CC1. The summed E-state index contributed by atoms with van der Waals surface area (Å²) in [6, 6.07) is 7.98. The van der Waals surface area contributed by atoms with Gasteiger partial charge >= 0.3 is 0 Å². The molecule has 2 aliphatic rings. The molecule has 146 valence electrons. The van der Waals surface area contributed by atoms with Crippen molar-refractivity contribution in [3.63, 3.8) is 0 Å². The molecule has 2 heterocycles. The molecule has 0 spiro atoms. The number of ether oxygens (including phenoxy) is 1. The summed E-state index contributed by atoms with van der Waals surface area (Å²) < 4.78 is 35.2. The highest BCUT2D eigenvalue weighted by Gasteiger charge is 2.36. The molecular formula is C19H31N3O3S. The van der Waals surface area contributed by atoms with Crippen molar-refractivity contribution in [1.29, 1.82) is 0 Å². The first kappa shape index (κ1) is 19.5. The van der Waals surface area contributed by atoms with Gasteiger partial charge in [0.05, 0.1) is 12.3 Å². The van der Waals surface area contributed by atoms with Gasteiger partial charge in [-0.05, 0) is 37.3 Å². The average Bonchev–Trinajstić information content (AvgIpc) is 2.62. The lowest BCUT2D eigenvalue weighted by Crippen LogP contribution is -2.55. The summed E-state index contributed by atoms with van der Waals surface area (Å²) in [5.41, 5.74) is 1.05. The zero-order valence-corrected chi connectivity index (χ0v) is 16.9. The Balaban J connectivity index is 1.66. The van der Waals surface area contributed by atoms with Gasteiger partial charge in [-0.25, -0.2) is 0 Å². The van der Waals surface area contributed by atoms with Crippen LogP contribution in [0.4, 0.5) is 5.69 Å². The molecule has 26 heavy (non-hydrogen) atoms. The maximum atomic E-state index is 13.1. The van der Waals surface area contributed by atoms with E-state index in [1.807, 2.05) is 31.2 Å². The Morgan fingerprint density at radius 2 is 1.62 bits per heavy atom. The second-order valence-corrected chi connectivity index (χ2v) is 9.49. The number of benzene rings is 1. The van der Waals surface area contributed by atoms with E-state index in [9.17, 15) is 8.42 Å². The summed E-state index contributed by atoms with van der Waals surface area (Å²) in [7, 11) is -3.37. The van der Waals surface area contributed by atoms with Crippen molar-refractivity contribution in [1.82, 2.24) is 8.61 Å².